The molecular weight excluding hydrogens is 298 g/mol. The van der Waals surface area contributed by atoms with Crippen molar-refractivity contribution in [1.29, 1.82) is 0 Å². The van der Waals surface area contributed by atoms with E-state index >= 15 is 0 Å². The lowest BCUT2D eigenvalue weighted by atomic mass is 10.1. The molecule has 0 spiro atoms. The van der Waals surface area contributed by atoms with Gasteiger partial charge in [0.2, 0.25) is 0 Å². The van der Waals surface area contributed by atoms with Crippen molar-refractivity contribution in [2.24, 2.45) is 7.05 Å². The van der Waals surface area contributed by atoms with Crippen LogP contribution in [0.3, 0.4) is 0 Å². The molecule has 2 aromatic carbocycles. The second kappa shape index (κ2) is 5.60. The Kier molecular flexibility index (Phi) is 3.41. The normalized spacial score (nSPS) is 11.3. The van der Waals surface area contributed by atoms with Crippen LogP contribution in [-0.4, -0.2) is 19.5 Å². The highest BCUT2D eigenvalue weighted by Crippen LogP contribution is 2.24. The fraction of sp³-hybridized carbons (Fsp3) is 0.211. The van der Waals surface area contributed by atoms with Crippen molar-refractivity contribution < 1.29 is 0 Å². The van der Waals surface area contributed by atoms with Crippen molar-refractivity contribution in [1.82, 2.24) is 19.5 Å². The molecule has 0 unspecified atom stereocenters. The average Bonchev–Trinajstić information content (AvgIpc) is 2.88. The van der Waals surface area contributed by atoms with Crippen LogP contribution in [0, 0.1) is 13.8 Å². The van der Waals surface area contributed by atoms with Gasteiger partial charge in [0.1, 0.15) is 18.0 Å². The summed E-state index contributed by atoms with van der Waals surface area (Å²) in [7, 11) is 2.05. The molecule has 0 bridgehead atoms. The van der Waals surface area contributed by atoms with Gasteiger partial charge in [0.05, 0.1) is 23.1 Å². The molecule has 2 aromatic heterocycles. The fourth-order valence-corrected chi connectivity index (χ4v) is 3.10. The number of rotatable bonds is 3. The summed E-state index contributed by atoms with van der Waals surface area (Å²) in [5, 5.41) is 4.49. The van der Waals surface area contributed by atoms with Crippen LogP contribution in [-0.2, 0) is 13.6 Å². The molecule has 5 nitrogen and oxygen atoms in total. The van der Waals surface area contributed by atoms with Crippen LogP contribution in [0.25, 0.3) is 21.9 Å². The highest BCUT2D eigenvalue weighted by atomic mass is 15.1. The van der Waals surface area contributed by atoms with Crippen molar-refractivity contribution in [2.75, 3.05) is 5.32 Å². The zero-order valence-corrected chi connectivity index (χ0v) is 14.0. The Morgan fingerprint density at radius 1 is 1.04 bits per heavy atom. The number of hydrogen-bond acceptors (Lipinski definition) is 4. The zero-order chi connectivity index (χ0) is 16.7. The molecule has 5 heteroatoms. The molecule has 0 fully saturated rings. The first-order chi connectivity index (χ1) is 11.6. The van der Waals surface area contributed by atoms with E-state index in [1.807, 2.05) is 19.2 Å². The Morgan fingerprint density at radius 2 is 1.92 bits per heavy atom. The molecule has 0 aliphatic heterocycles. The van der Waals surface area contributed by atoms with Gasteiger partial charge in [-0.15, -0.1) is 0 Å². The van der Waals surface area contributed by atoms with Crippen molar-refractivity contribution in [3.8, 4) is 0 Å². The van der Waals surface area contributed by atoms with Gasteiger partial charge in [-0.3, -0.25) is 0 Å². The summed E-state index contributed by atoms with van der Waals surface area (Å²) in [4.78, 5) is 13.5. The number of aromatic nitrogens is 4. The minimum absolute atomic E-state index is 0.616. The molecule has 4 rings (SSSR count). The predicted molar refractivity (Wildman–Crippen MR) is 97.1 cm³/mol. The van der Waals surface area contributed by atoms with E-state index in [2.05, 4.69) is 58.0 Å². The first-order valence-electron chi connectivity index (χ1n) is 7.99. The molecule has 0 atom stereocenters. The maximum atomic E-state index is 4.75. The molecule has 120 valence electrons. The first-order valence-corrected chi connectivity index (χ1v) is 7.99. The van der Waals surface area contributed by atoms with Gasteiger partial charge in [-0.1, -0.05) is 18.2 Å². The maximum Gasteiger partial charge on any atom is 0.137 e. The van der Waals surface area contributed by atoms with Crippen molar-refractivity contribution >= 4 is 27.8 Å². The molecule has 4 aromatic rings. The van der Waals surface area contributed by atoms with Crippen LogP contribution in [0.1, 0.15) is 17.0 Å². The van der Waals surface area contributed by atoms with Crippen LogP contribution >= 0.6 is 0 Å². The Balaban J connectivity index is 1.70. The van der Waals surface area contributed by atoms with E-state index in [1.54, 1.807) is 6.33 Å². The van der Waals surface area contributed by atoms with Gasteiger partial charge in [0, 0.05) is 12.4 Å². The Labute approximate surface area is 140 Å². The molecule has 0 saturated heterocycles. The van der Waals surface area contributed by atoms with Crippen molar-refractivity contribution in [3.63, 3.8) is 0 Å². The Morgan fingerprint density at radius 3 is 2.79 bits per heavy atom. The molecule has 0 aliphatic rings. The SMILES string of the molecule is Cc1ccc2c(c1)nc(CNc1ncnc3cccc(C)c13)n2C. The van der Waals surface area contributed by atoms with Gasteiger partial charge < -0.3 is 9.88 Å². The second-order valence-corrected chi connectivity index (χ2v) is 6.12. The van der Waals surface area contributed by atoms with Gasteiger partial charge >= 0.3 is 0 Å². The van der Waals surface area contributed by atoms with Crippen LogP contribution in [0.15, 0.2) is 42.7 Å². The van der Waals surface area contributed by atoms with Gasteiger partial charge in [0.15, 0.2) is 0 Å². The molecule has 0 saturated carbocycles. The van der Waals surface area contributed by atoms with Crippen LogP contribution in [0.2, 0.25) is 0 Å². The highest BCUT2D eigenvalue weighted by Gasteiger charge is 2.10. The summed E-state index contributed by atoms with van der Waals surface area (Å²) in [6.45, 7) is 4.78. The number of aryl methyl sites for hydroxylation is 3. The van der Waals surface area contributed by atoms with Gasteiger partial charge in [0.25, 0.3) is 0 Å². The number of anilines is 1. The number of imidazole rings is 1. The summed E-state index contributed by atoms with van der Waals surface area (Å²) >= 11 is 0. The summed E-state index contributed by atoms with van der Waals surface area (Å²) < 4.78 is 2.12. The fourth-order valence-electron chi connectivity index (χ4n) is 3.10. The lowest BCUT2D eigenvalue weighted by molar-refractivity contribution is 0.832. The summed E-state index contributed by atoms with van der Waals surface area (Å²) in [5.74, 6) is 1.83. The van der Waals surface area contributed by atoms with E-state index in [-0.39, 0.29) is 0 Å². The monoisotopic (exact) mass is 317 g/mol. The Bertz CT molecular complexity index is 1040. The molecule has 0 amide bonds. The smallest absolute Gasteiger partial charge is 0.137 e. The molecule has 0 aliphatic carbocycles. The van der Waals surface area contributed by atoms with Crippen molar-refractivity contribution in [3.05, 3.63) is 59.7 Å². The third-order valence-electron chi connectivity index (χ3n) is 4.41. The number of benzene rings is 2. The van der Waals surface area contributed by atoms with Crippen molar-refractivity contribution in [2.45, 2.75) is 20.4 Å². The standard InChI is InChI=1S/C19H19N5/c1-12-7-8-16-15(9-12)23-17(24(16)3)10-20-19-18-13(2)5-4-6-14(18)21-11-22-19/h4-9,11H,10H2,1-3H3,(H,20,21,22). The molecule has 1 N–H and O–H groups in total. The molecule has 2 heterocycles. The number of nitrogens with one attached hydrogen (secondary N) is 1. The third kappa shape index (κ3) is 2.38. The van der Waals surface area contributed by atoms with Crippen LogP contribution in [0.4, 0.5) is 5.82 Å². The average molecular weight is 317 g/mol. The number of nitrogens with zero attached hydrogens (tertiary/aromatic N) is 4. The van der Waals surface area contributed by atoms with E-state index in [0.29, 0.717) is 6.54 Å². The van der Waals surface area contributed by atoms with Gasteiger partial charge in [-0.2, -0.15) is 0 Å². The van der Waals surface area contributed by atoms with Gasteiger partial charge in [-0.05, 0) is 43.2 Å². The van der Waals surface area contributed by atoms with E-state index in [0.717, 1.165) is 39.1 Å². The van der Waals surface area contributed by atoms with Gasteiger partial charge in [-0.25, -0.2) is 15.0 Å². The molecular formula is C19H19N5. The number of hydrogen-bond donors (Lipinski definition) is 1. The minimum atomic E-state index is 0.616. The Hall–Kier alpha value is -2.95. The van der Waals surface area contributed by atoms with E-state index in [4.69, 9.17) is 4.98 Å². The van der Waals surface area contributed by atoms with Crippen LogP contribution in [0.5, 0.6) is 0 Å². The van der Waals surface area contributed by atoms with E-state index in [9.17, 15) is 0 Å². The highest BCUT2D eigenvalue weighted by molar-refractivity contribution is 5.91. The zero-order valence-electron chi connectivity index (χ0n) is 14.0. The summed E-state index contributed by atoms with van der Waals surface area (Å²) in [6, 6.07) is 12.4. The lowest BCUT2D eigenvalue weighted by Gasteiger charge is -2.10. The molecule has 0 radical (unpaired) electrons. The van der Waals surface area contributed by atoms with Crippen LogP contribution < -0.4 is 5.32 Å². The number of fused-ring (bicyclic) bond motifs is 2. The molecule has 24 heavy (non-hydrogen) atoms. The van der Waals surface area contributed by atoms with E-state index in [1.165, 1.54) is 5.56 Å². The largest absolute Gasteiger partial charge is 0.362 e. The first kappa shape index (κ1) is 14.6. The second-order valence-electron chi connectivity index (χ2n) is 6.12. The maximum absolute atomic E-state index is 4.75. The quantitative estimate of drug-likeness (QED) is 0.625. The third-order valence-corrected chi connectivity index (χ3v) is 4.41. The summed E-state index contributed by atoms with van der Waals surface area (Å²) in [6.07, 6.45) is 1.60. The topological polar surface area (TPSA) is 55.6 Å². The summed E-state index contributed by atoms with van der Waals surface area (Å²) in [5.41, 5.74) is 5.50. The minimum Gasteiger partial charge on any atom is -0.362 e. The predicted octanol–water partition coefficient (Wildman–Crippen LogP) is 3.75. The van der Waals surface area contributed by atoms with E-state index < -0.39 is 0 Å². The lowest BCUT2D eigenvalue weighted by Crippen LogP contribution is -2.08.